The first-order chi connectivity index (χ1) is 14.2. The highest BCUT2D eigenvalue weighted by atomic mass is 35.5. The fourth-order valence-electron chi connectivity index (χ4n) is 3.29. The highest BCUT2D eigenvalue weighted by molar-refractivity contribution is 5.85. The van der Waals surface area contributed by atoms with Gasteiger partial charge in [-0.1, -0.05) is 18.2 Å². The van der Waals surface area contributed by atoms with Crippen molar-refractivity contribution in [2.24, 2.45) is 0 Å². The van der Waals surface area contributed by atoms with Crippen LogP contribution in [0.15, 0.2) is 42.5 Å². The van der Waals surface area contributed by atoms with E-state index >= 15 is 0 Å². The van der Waals surface area contributed by atoms with Crippen molar-refractivity contribution in [1.82, 2.24) is 4.90 Å². The molecule has 1 saturated heterocycles. The lowest BCUT2D eigenvalue weighted by molar-refractivity contribution is -0.139. The molecule has 1 fully saturated rings. The molecule has 1 N–H and O–H groups in total. The summed E-state index contributed by atoms with van der Waals surface area (Å²) in [5.74, 6) is -1.40. The Morgan fingerprint density at radius 1 is 1.23 bits per heavy atom. The van der Waals surface area contributed by atoms with Gasteiger partial charge >= 0.3 is 12.1 Å². The monoisotopic (exact) mass is 463 g/mol. The van der Waals surface area contributed by atoms with E-state index in [1.165, 1.54) is 30.3 Å². The van der Waals surface area contributed by atoms with Crippen LogP contribution in [-0.2, 0) is 22.3 Å². The van der Waals surface area contributed by atoms with E-state index in [4.69, 9.17) is 14.6 Å². The highest BCUT2D eigenvalue weighted by Gasteiger charge is 2.33. The highest BCUT2D eigenvalue weighted by Crippen LogP contribution is 2.33. The first kappa shape index (κ1) is 24.9. The van der Waals surface area contributed by atoms with Crippen LogP contribution in [-0.4, -0.2) is 42.2 Å². The molecule has 10 heteroatoms. The van der Waals surface area contributed by atoms with Crippen molar-refractivity contribution in [2.75, 3.05) is 26.2 Å². The minimum atomic E-state index is -4.50. The van der Waals surface area contributed by atoms with Gasteiger partial charge in [-0.25, -0.2) is 4.39 Å². The molecular formula is C21H22ClF4NO4. The van der Waals surface area contributed by atoms with Crippen molar-refractivity contribution in [3.8, 4) is 5.75 Å². The standard InChI is InChI=1S/C21H21F4NO4.ClH/c22-18-11-15(30-13-14-3-1-2-4-17(14)21(23,24)25)5-6-16(18)19-12-26(9-10-29-19)8-7-20(27)28;/h1-6,11,19H,7-10,12-13H2,(H,27,28);1H. The average molecular weight is 464 g/mol. The molecule has 0 saturated carbocycles. The van der Waals surface area contributed by atoms with Gasteiger partial charge in [0.15, 0.2) is 0 Å². The van der Waals surface area contributed by atoms with Crippen LogP contribution < -0.4 is 4.74 Å². The second-order valence-corrected chi connectivity index (χ2v) is 6.93. The third kappa shape index (κ3) is 6.81. The fourth-order valence-corrected chi connectivity index (χ4v) is 3.29. The molecule has 5 nitrogen and oxygen atoms in total. The van der Waals surface area contributed by atoms with Gasteiger partial charge < -0.3 is 14.6 Å². The van der Waals surface area contributed by atoms with Crippen LogP contribution in [0.3, 0.4) is 0 Å². The van der Waals surface area contributed by atoms with Crippen molar-refractivity contribution in [1.29, 1.82) is 0 Å². The second kappa shape index (κ2) is 10.8. The van der Waals surface area contributed by atoms with E-state index in [0.717, 1.165) is 12.1 Å². The molecule has 1 aliphatic heterocycles. The van der Waals surface area contributed by atoms with Crippen LogP contribution in [0.5, 0.6) is 5.75 Å². The van der Waals surface area contributed by atoms with E-state index in [-0.39, 0.29) is 42.3 Å². The summed E-state index contributed by atoms with van der Waals surface area (Å²) >= 11 is 0. The number of benzene rings is 2. The molecule has 2 aromatic rings. The molecule has 1 aliphatic rings. The Kier molecular flexibility index (Phi) is 8.67. The number of hydrogen-bond acceptors (Lipinski definition) is 4. The van der Waals surface area contributed by atoms with Gasteiger partial charge in [0.25, 0.3) is 0 Å². The number of halogens is 5. The molecule has 0 amide bonds. The SMILES string of the molecule is Cl.O=C(O)CCN1CCOC(c2ccc(OCc3ccccc3C(F)(F)F)cc2F)C1. The Bertz CT molecular complexity index is 894. The minimum absolute atomic E-state index is 0. The molecule has 0 aliphatic carbocycles. The molecule has 3 rings (SSSR count). The van der Waals surface area contributed by atoms with Crippen LogP contribution in [0, 0.1) is 5.82 Å². The number of hydrogen-bond donors (Lipinski definition) is 1. The summed E-state index contributed by atoms with van der Waals surface area (Å²) in [6, 6.07) is 9.14. The Morgan fingerprint density at radius 3 is 2.65 bits per heavy atom. The summed E-state index contributed by atoms with van der Waals surface area (Å²) in [5, 5.41) is 8.80. The number of ether oxygens (including phenoxy) is 2. The number of aliphatic carboxylic acids is 1. The predicted molar refractivity (Wildman–Crippen MR) is 107 cm³/mol. The minimum Gasteiger partial charge on any atom is -0.489 e. The number of alkyl halides is 3. The topological polar surface area (TPSA) is 59.0 Å². The van der Waals surface area contributed by atoms with Gasteiger partial charge in [0, 0.05) is 36.8 Å². The fraction of sp³-hybridized carbons (Fsp3) is 0.381. The van der Waals surface area contributed by atoms with Gasteiger partial charge in [0.2, 0.25) is 0 Å². The molecule has 0 radical (unpaired) electrons. The predicted octanol–water partition coefficient (Wildman–Crippen LogP) is 4.69. The van der Waals surface area contributed by atoms with Crippen LogP contribution in [0.1, 0.15) is 29.2 Å². The lowest BCUT2D eigenvalue weighted by Crippen LogP contribution is -2.39. The van der Waals surface area contributed by atoms with Crippen LogP contribution >= 0.6 is 12.4 Å². The smallest absolute Gasteiger partial charge is 0.416 e. The number of morpholine rings is 1. The van der Waals surface area contributed by atoms with Crippen molar-refractivity contribution >= 4 is 18.4 Å². The summed E-state index contributed by atoms with van der Waals surface area (Å²) in [6.45, 7) is 1.25. The Balaban J connectivity index is 0.00000341. The molecule has 170 valence electrons. The number of carboxylic acid groups (broad SMARTS) is 1. The van der Waals surface area contributed by atoms with E-state index in [1.54, 1.807) is 0 Å². The van der Waals surface area contributed by atoms with Gasteiger partial charge in [-0.3, -0.25) is 9.69 Å². The van der Waals surface area contributed by atoms with E-state index in [0.29, 0.717) is 26.2 Å². The zero-order chi connectivity index (χ0) is 21.7. The molecule has 1 heterocycles. The largest absolute Gasteiger partial charge is 0.489 e. The van der Waals surface area contributed by atoms with Crippen LogP contribution in [0.2, 0.25) is 0 Å². The Hall–Kier alpha value is -2.36. The third-order valence-electron chi connectivity index (χ3n) is 4.83. The molecular weight excluding hydrogens is 442 g/mol. The van der Waals surface area contributed by atoms with Gasteiger partial charge in [0.1, 0.15) is 18.2 Å². The zero-order valence-electron chi connectivity index (χ0n) is 16.4. The van der Waals surface area contributed by atoms with Crippen molar-refractivity contribution < 1.29 is 36.9 Å². The average Bonchev–Trinajstić information content (AvgIpc) is 2.70. The molecule has 0 spiro atoms. The van der Waals surface area contributed by atoms with Crippen LogP contribution in [0.4, 0.5) is 17.6 Å². The van der Waals surface area contributed by atoms with E-state index in [9.17, 15) is 22.4 Å². The molecule has 0 aromatic heterocycles. The summed E-state index contributed by atoms with van der Waals surface area (Å²) < 4.78 is 64.8. The lowest BCUT2D eigenvalue weighted by atomic mass is 10.1. The second-order valence-electron chi connectivity index (χ2n) is 6.93. The molecule has 0 bridgehead atoms. The van der Waals surface area contributed by atoms with Gasteiger partial charge in [-0.15, -0.1) is 12.4 Å². The molecule has 1 atom stereocenters. The molecule has 31 heavy (non-hydrogen) atoms. The maximum absolute atomic E-state index is 14.6. The zero-order valence-corrected chi connectivity index (χ0v) is 17.2. The van der Waals surface area contributed by atoms with Gasteiger partial charge in [0.05, 0.1) is 24.7 Å². The first-order valence-corrected chi connectivity index (χ1v) is 9.37. The summed E-state index contributed by atoms with van der Waals surface area (Å²) in [7, 11) is 0. The quantitative estimate of drug-likeness (QED) is 0.603. The first-order valence-electron chi connectivity index (χ1n) is 9.37. The number of nitrogens with zero attached hydrogens (tertiary/aromatic N) is 1. The summed E-state index contributed by atoms with van der Waals surface area (Å²) in [5.41, 5.74) is -0.545. The maximum atomic E-state index is 14.6. The van der Waals surface area contributed by atoms with Crippen molar-refractivity contribution in [2.45, 2.75) is 25.3 Å². The lowest BCUT2D eigenvalue weighted by Gasteiger charge is -2.33. The van der Waals surface area contributed by atoms with Gasteiger partial charge in [-0.2, -0.15) is 13.2 Å². The number of carbonyl (C=O) groups is 1. The summed E-state index contributed by atoms with van der Waals surface area (Å²) in [4.78, 5) is 12.6. The third-order valence-corrected chi connectivity index (χ3v) is 4.83. The van der Waals surface area contributed by atoms with Crippen molar-refractivity contribution in [3.05, 3.63) is 65.0 Å². The van der Waals surface area contributed by atoms with E-state index in [1.807, 2.05) is 4.90 Å². The summed E-state index contributed by atoms with van der Waals surface area (Å²) in [6.07, 6.45) is -5.08. The van der Waals surface area contributed by atoms with E-state index < -0.39 is 29.6 Å². The Morgan fingerprint density at radius 2 is 1.97 bits per heavy atom. The molecule has 2 aromatic carbocycles. The van der Waals surface area contributed by atoms with Gasteiger partial charge in [-0.05, 0) is 18.2 Å². The van der Waals surface area contributed by atoms with Crippen molar-refractivity contribution in [3.63, 3.8) is 0 Å². The molecule has 1 unspecified atom stereocenters. The maximum Gasteiger partial charge on any atom is 0.416 e. The Labute approximate surface area is 183 Å². The number of carboxylic acids is 1. The van der Waals surface area contributed by atoms with Crippen LogP contribution in [0.25, 0.3) is 0 Å². The number of rotatable bonds is 7. The van der Waals surface area contributed by atoms with E-state index in [2.05, 4.69) is 0 Å². The normalized spacial score (nSPS) is 17.1.